The summed E-state index contributed by atoms with van der Waals surface area (Å²) in [5.41, 5.74) is -2.36. The number of ketones is 1. The highest BCUT2D eigenvalue weighted by atomic mass is 16.5. The van der Waals surface area contributed by atoms with Crippen LogP contribution >= 0.6 is 0 Å². The van der Waals surface area contributed by atoms with E-state index in [0.717, 1.165) is 21.5 Å². The second-order valence-corrected chi connectivity index (χ2v) is 13.8. The summed E-state index contributed by atoms with van der Waals surface area (Å²) in [7, 11) is 7.22. The molecule has 1 fully saturated rings. The molecule has 0 aromatic heterocycles. The van der Waals surface area contributed by atoms with Crippen molar-refractivity contribution in [2.75, 3.05) is 35.5 Å². The lowest BCUT2D eigenvalue weighted by Crippen LogP contribution is -2.59. The van der Waals surface area contributed by atoms with E-state index in [9.17, 15) is 15.2 Å². The van der Waals surface area contributed by atoms with Gasteiger partial charge in [0.15, 0.2) is 34.2 Å². The summed E-state index contributed by atoms with van der Waals surface area (Å²) >= 11 is 0. The van der Waals surface area contributed by atoms with Gasteiger partial charge in [0.2, 0.25) is 0 Å². The largest absolute Gasteiger partial charge is 0.493 e. The number of Topliss-reactive ketones (excluding diaryl/α,β-unsaturated/α-hetero) is 1. The van der Waals surface area contributed by atoms with Gasteiger partial charge in [-0.25, -0.2) is 0 Å². The molecule has 0 saturated heterocycles. The molecular formula is C46H41NO8. The van der Waals surface area contributed by atoms with Crippen LogP contribution in [0.2, 0.25) is 0 Å². The van der Waals surface area contributed by atoms with E-state index >= 15 is 4.79 Å². The highest BCUT2D eigenvalue weighted by Crippen LogP contribution is 2.64. The molecule has 0 amide bonds. The van der Waals surface area contributed by atoms with Crippen LogP contribution in [0.3, 0.4) is 0 Å². The SMILES string of the molecule is COC(=O)[C@@]1(C#N)[C@H](c2ccc(OC)c(OC)c2)[C@@H](C(=O)c2ccc3ccccc3c2)[C@@](O)(c2ccc3ccccc3c2)C[C@H]1c1ccc(OC)c(OC)c1. The first-order valence-corrected chi connectivity index (χ1v) is 17.9. The van der Waals surface area contributed by atoms with E-state index in [-0.39, 0.29) is 6.42 Å². The van der Waals surface area contributed by atoms with Crippen LogP contribution in [-0.2, 0) is 15.1 Å². The number of methoxy groups -OCH3 is 5. The predicted molar refractivity (Wildman–Crippen MR) is 209 cm³/mol. The molecule has 55 heavy (non-hydrogen) atoms. The maximum Gasteiger partial charge on any atom is 0.327 e. The number of esters is 1. The zero-order chi connectivity index (χ0) is 38.9. The Labute approximate surface area is 319 Å². The molecule has 1 saturated carbocycles. The summed E-state index contributed by atoms with van der Waals surface area (Å²) in [6.45, 7) is 0. The van der Waals surface area contributed by atoms with E-state index in [1.807, 2.05) is 72.8 Å². The third kappa shape index (κ3) is 6.09. The average Bonchev–Trinajstić information content (AvgIpc) is 3.24. The van der Waals surface area contributed by atoms with Crippen LogP contribution in [0.25, 0.3) is 21.5 Å². The fourth-order valence-electron chi connectivity index (χ4n) is 8.58. The number of aliphatic hydroxyl groups is 1. The van der Waals surface area contributed by atoms with Gasteiger partial charge >= 0.3 is 5.97 Å². The summed E-state index contributed by atoms with van der Waals surface area (Å²) in [5.74, 6) is -3.52. The number of fused-ring (bicyclic) bond motifs is 2. The Morgan fingerprint density at radius 3 is 1.73 bits per heavy atom. The maximum absolute atomic E-state index is 15.6. The molecule has 1 aliphatic carbocycles. The van der Waals surface area contributed by atoms with Gasteiger partial charge in [0.25, 0.3) is 0 Å². The first-order valence-electron chi connectivity index (χ1n) is 17.9. The normalized spacial score (nSPS) is 22.0. The topological polar surface area (TPSA) is 124 Å². The number of nitrogens with zero attached hydrogens (tertiary/aromatic N) is 1. The third-order valence-electron chi connectivity index (χ3n) is 11.3. The fraction of sp³-hybridized carbons (Fsp3) is 0.239. The number of benzene rings is 6. The summed E-state index contributed by atoms with van der Waals surface area (Å²) in [6, 6.07) is 39.0. The van der Waals surface area contributed by atoms with Crippen molar-refractivity contribution >= 4 is 33.3 Å². The minimum Gasteiger partial charge on any atom is -0.493 e. The molecule has 0 spiro atoms. The lowest BCUT2D eigenvalue weighted by Gasteiger charge is -2.54. The molecule has 7 rings (SSSR count). The van der Waals surface area contributed by atoms with Crippen LogP contribution in [0.15, 0.2) is 121 Å². The maximum atomic E-state index is 15.6. The molecular weight excluding hydrogens is 695 g/mol. The number of hydrogen-bond acceptors (Lipinski definition) is 9. The molecule has 1 aliphatic rings. The van der Waals surface area contributed by atoms with Crippen molar-refractivity contribution in [3.8, 4) is 29.1 Å². The molecule has 0 heterocycles. The number of carbonyl (C=O) groups excluding carboxylic acids is 2. The van der Waals surface area contributed by atoms with Crippen molar-refractivity contribution in [3.05, 3.63) is 144 Å². The third-order valence-corrected chi connectivity index (χ3v) is 11.3. The van der Waals surface area contributed by atoms with Gasteiger partial charge in [0, 0.05) is 17.4 Å². The van der Waals surface area contributed by atoms with Crippen LogP contribution in [0.5, 0.6) is 23.0 Å². The Morgan fingerprint density at radius 1 is 0.636 bits per heavy atom. The number of rotatable bonds is 10. The van der Waals surface area contributed by atoms with Gasteiger partial charge in [-0.15, -0.1) is 0 Å². The summed E-state index contributed by atoms with van der Waals surface area (Å²) < 4.78 is 28.1. The summed E-state index contributed by atoms with van der Waals surface area (Å²) in [5, 5.41) is 28.9. The molecule has 6 aromatic rings. The number of hydrogen-bond donors (Lipinski definition) is 1. The van der Waals surface area contributed by atoms with Gasteiger partial charge < -0.3 is 28.8 Å². The molecule has 9 heteroatoms. The number of carbonyl (C=O) groups is 2. The molecule has 0 radical (unpaired) electrons. The fourth-order valence-corrected chi connectivity index (χ4v) is 8.58. The smallest absolute Gasteiger partial charge is 0.327 e. The summed E-state index contributed by atoms with van der Waals surface area (Å²) in [4.78, 5) is 30.3. The zero-order valence-electron chi connectivity index (χ0n) is 31.2. The van der Waals surface area contributed by atoms with E-state index in [1.165, 1.54) is 35.5 Å². The molecule has 6 aromatic carbocycles. The van der Waals surface area contributed by atoms with E-state index < -0.39 is 40.5 Å². The Balaban J connectivity index is 1.60. The van der Waals surface area contributed by atoms with Crippen LogP contribution in [0.1, 0.15) is 45.3 Å². The molecule has 1 N–H and O–H groups in total. The average molecular weight is 736 g/mol. The number of ether oxygens (including phenoxy) is 5. The molecule has 0 bridgehead atoms. The highest BCUT2D eigenvalue weighted by molar-refractivity contribution is 6.03. The first-order chi connectivity index (χ1) is 26.7. The van der Waals surface area contributed by atoms with Crippen molar-refractivity contribution in [1.82, 2.24) is 0 Å². The van der Waals surface area contributed by atoms with Gasteiger partial charge in [0.05, 0.1) is 47.5 Å². The Hall–Kier alpha value is -6.37. The standard InChI is InChI=1S/C46H41NO8/c1-51-37-20-17-32(24-39(37)53-3)36-26-46(50,35-19-16-29-11-7-9-13-31(29)23-35)42(43(48)34-15-14-28-10-6-8-12-30(28)22-34)41(45(36,27-47)44(49)55-5)33-18-21-38(52-2)40(25-33)54-4/h6-25,36,41-42,50H,26H2,1-5H3/t36-,41+,42-,45+,46-/m0/s1. The van der Waals surface area contributed by atoms with Crippen LogP contribution in [0.4, 0.5) is 0 Å². The second kappa shape index (κ2) is 14.8. The summed E-state index contributed by atoms with van der Waals surface area (Å²) in [6.07, 6.45) is -0.211. The van der Waals surface area contributed by atoms with Crippen LogP contribution in [-0.4, -0.2) is 52.4 Å². The molecule has 0 aliphatic heterocycles. The van der Waals surface area contributed by atoms with E-state index in [1.54, 1.807) is 48.5 Å². The highest BCUT2D eigenvalue weighted by Gasteiger charge is 2.67. The number of nitriles is 1. The van der Waals surface area contributed by atoms with Crippen molar-refractivity contribution in [2.24, 2.45) is 11.3 Å². The van der Waals surface area contributed by atoms with Crippen LogP contribution < -0.4 is 18.9 Å². The predicted octanol–water partition coefficient (Wildman–Crippen LogP) is 8.37. The van der Waals surface area contributed by atoms with Gasteiger partial charge in [-0.2, -0.15) is 5.26 Å². The van der Waals surface area contributed by atoms with Crippen molar-refractivity contribution < 1.29 is 38.4 Å². The van der Waals surface area contributed by atoms with Gasteiger partial charge in [0.1, 0.15) is 5.60 Å². The Kier molecular flexibility index (Phi) is 9.95. The van der Waals surface area contributed by atoms with Gasteiger partial charge in [-0.05, 0) is 81.1 Å². The second-order valence-electron chi connectivity index (χ2n) is 13.8. The van der Waals surface area contributed by atoms with Gasteiger partial charge in [-0.3, -0.25) is 9.59 Å². The van der Waals surface area contributed by atoms with E-state index in [2.05, 4.69) is 6.07 Å². The zero-order valence-corrected chi connectivity index (χ0v) is 31.2. The van der Waals surface area contributed by atoms with Crippen LogP contribution in [0, 0.1) is 22.7 Å². The van der Waals surface area contributed by atoms with Gasteiger partial charge in [-0.1, -0.05) is 84.9 Å². The quantitative estimate of drug-likeness (QED) is 0.109. The monoisotopic (exact) mass is 735 g/mol. The van der Waals surface area contributed by atoms with E-state index in [0.29, 0.717) is 45.3 Å². The molecule has 5 atom stereocenters. The molecule has 278 valence electrons. The Morgan fingerprint density at radius 2 is 1.16 bits per heavy atom. The Bertz CT molecular complexity index is 2470. The van der Waals surface area contributed by atoms with Crippen molar-refractivity contribution in [1.29, 1.82) is 5.26 Å². The molecule has 9 nitrogen and oxygen atoms in total. The lowest BCUT2D eigenvalue weighted by atomic mass is 9.47. The van der Waals surface area contributed by atoms with E-state index in [4.69, 9.17) is 23.7 Å². The van der Waals surface area contributed by atoms with Crippen molar-refractivity contribution in [2.45, 2.75) is 23.9 Å². The first kappa shape index (κ1) is 37.0. The minimum atomic E-state index is -2.08. The van der Waals surface area contributed by atoms with Crippen molar-refractivity contribution in [3.63, 3.8) is 0 Å². The minimum absolute atomic E-state index is 0.211. The lowest BCUT2D eigenvalue weighted by molar-refractivity contribution is -0.162. The molecule has 0 unspecified atom stereocenters.